The number of piperidine rings is 2. The van der Waals surface area contributed by atoms with E-state index in [0.29, 0.717) is 37.3 Å². The van der Waals surface area contributed by atoms with Crippen LogP contribution < -0.4 is 32.7 Å². The van der Waals surface area contributed by atoms with Crippen LogP contribution >= 0.6 is 0 Å². The number of anilines is 4. The first kappa shape index (κ1) is 36.6. The molecule has 0 saturated carbocycles. The fourth-order valence-electron chi connectivity index (χ4n) is 5.95. The third-order valence-electron chi connectivity index (χ3n) is 8.73. The van der Waals surface area contributed by atoms with Gasteiger partial charge in [0, 0.05) is 31.7 Å². The molecule has 2 aromatic heterocycles. The van der Waals surface area contributed by atoms with Crippen molar-refractivity contribution in [2.75, 3.05) is 54.8 Å². The Hall–Kier alpha value is -5.63. The van der Waals surface area contributed by atoms with Crippen molar-refractivity contribution >= 4 is 40.9 Å². The number of nitrogens with one attached hydrogen (secondary N) is 4. The van der Waals surface area contributed by atoms with E-state index in [9.17, 15) is 23.2 Å². The molecule has 2 saturated heterocycles. The molecule has 14 heteroatoms. The Kier molecular flexibility index (Phi) is 12.5. The minimum Gasteiger partial charge on any atom is -0.383 e. The van der Waals surface area contributed by atoms with Crippen LogP contribution in [0.5, 0.6) is 0 Å². The third-order valence-corrected chi connectivity index (χ3v) is 8.73. The topological polar surface area (TPSA) is 180 Å². The molecular weight excluding hydrogens is 656 g/mol. The molecule has 6 rings (SSSR count). The van der Waals surface area contributed by atoms with Crippen LogP contribution in [-0.4, -0.2) is 77.3 Å². The van der Waals surface area contributed by atoms with E-state index in [-0.39, 0.29) is 46.0 Å². The zero-order valence-corrected chi connectivity index (χ0v) is 28.4. The number of hydrogen-bond donors (Lipinski definition) is 6. The van der Waals surface area contributed by atoms with Crippen LogP contribution in [0.3, 0.4) is 0 Å². The molecule has 2 aliphatic heterocycles. The molecule has 2 amide bonds. The molecule has 0 aliphatic carbocycles. The number of likely N-dealkylation sites (tertiary alicyclic amines) is 1. The highest BCUT2D eigenvalue weighted by Crippen LogP contribution is 2.23. The Morgan fingerprint density at radius 2 is 1.16 bits per heavy atom. The number of rotatable bonds is 9. The lowest BCUT2D eigenvalue weighted by Crippen LogP contribution is -2.46. The van der Waals surface area contributed by atoms with Crippen molar-refractivity contribution in [3.05, 3.63) is 107 Å². The predicted octanol–water partition coefficient (Wildman–Crippen LogP) is 4.84. The van der Waals surface area contributed by atoms with Gasteiger partial charge < -0.3 is 37.6 Å². The largest absolute Gasteiger partial charge is 0.383 e. The first-order valence-electron chi connectivity index (χ1n) is 17.0. The summed E-state index contributed by atoms with van der Waals surface area (Å²) in [6, 6.07) is 18.6. The van der Waals surface area contributed by atoms with Gasteiger partial charge in [0.2, 0.25) is 0 Å². The van der Waals surface area contributed by atoms with Gasteiger partial charge in [0.05, 0.1) is 22.3 Å². The normalized spacial score (nSPS) is 14.9. The van der Waals surface area contributed by atoms with Crippen LogP contribution in [0, 0.1) is 11.6 Å². The van der Waals surface area contributed by atoms with Gasteiger partial charge in [-0.15, -0.1) is 0 Å². The number of nitrogen functional groups attached to an aromatic ring is 2. The van der Waals surface area contributed by atoms with E-state index >= 15 is 0 Å². The fraction of sp³-hybridized carbons (Fsp3) is 0.324. The van der Waals surface area contributed by atoms with E-state index in [0.717, 1.165) is 38.8 Å². The lowest BCUT2D eigenvalue weighted by atomic mass is 10.0. The summed E-state index contributed by atoms with van der Waals surface area (Å²) in [6.07, 6.45) is 3.60. The number of aromatic nitrogens is 2. The second kappa shape index (κ2) is 17.3. The van der Waals surface area contributed by atoms with Gasteiger partial charge in [-0.05, 0) is 94.2 Å². The van der Waals surface area contributed by atoms with Gasteiger partial charge in [0.1, 0.15) is 34.9 Å². The molecule has 2 aromatic carbocycles. The molecule has 4 heterocycles. The number of amides is 2. The van der Waals surface area contributed by atoms with Gasteiger partial charge in [-0.2, -0.15) is 0 Å². The van der Waals surface area contributed by atoms with E-state index in [2.05, 4.69) is 31.2 Å². The van der Waals surface area contributed by atoms with Crippen LogP contribution in [-0.2, 0) is 0 Å². The van der Waals surface area contributed by atoms with Crippen molar-refractivity contribution in [1.82, 2.24) is 25.5 Å². The zero-order chi connectivity index (χ0) is 36.3. The van der Waals surface area contributed by atoms with Crippen molar-refractivity contribution in [2.45, 2.75) is 44.7 Å². The summed E-state index contributed by atoms with van der Waals surface area (Å²) in [5, 5.41) is 12.7. The summed E-state index contributed by atoms with van der Waals surface area (Å²) in [5.41, 5.74) is 12.2. The molecule has 0 bridgehead atoms. The Bertz CT molecular complexity index is 1840. The van der Waals surface area contributed by atoms with E-state index in [1.165, 1.54) is 30.3 Å². The summed E-state index contributed by atoms with van der Waals surface area (Å²) < 4.78 is 27.6. The maximum absolute atomic E-state index is 13.9. The highest BCUT2D eigenvalue weighted by atomic mass is 19.1. The molecule has 8 N–H and O–H groups in total. The average Bonchev–Trinajstić information content (AvgIpc) is 3.13. The summed E-state index contributed by atoms with van der Waals surface area (Å²) in [4.78, 5) is 47.1. The summed E-state index contributed by atoms with van der Waals surface area (Å²) in [5.74, 6) is -0.748. The number of carbonyl (C=O) groups excluding carboxylic acids is 3. The molecule has 0 spiro atoms. The van der Waals surface area contributed by atoms with E-state index in [1.807, 2.05) is 6.92 Å². The molecule has 12 nitrogen and oxygen atoms in total. The van der Waals surface area contributed by atoms with Crippen LogP contribution in [0.2, 0.25) is 0 Å². The third kappa shape index (κ3) is 9.54. The minimum absolute atomic E-state index is 0.0000593. The van der Waals surface area contributed by atoms with Gasteiger partial charge in [-0.3, -0.25) is 9.59 Å². The number of hydrogen-bond acceptors (Lipinski definition) is 10. The van der Waals surface area contributed by atoms with Gasteiger partial charge in [0.25, 0.3) is 0 Å². The van der Waals surface area contributed by atoms with Crippen LogP contribution in [0.15, 0.2) is 72.8 Å². The molecule has 0 unspecified atom stereocenters. The van der Waals surface area contributed by atoms with Crippen molar-refractivity contribution in [1.29, 1.82) is 0 Å². The van der Waals surface area contributed by atoms with Gasteiger partial charge >= 0.3 is 6.03 Å². The van der Waals surface area contributed by atoms with Crippen LogP contribution in [0.4, 0.5) is 36.8 Å². The number of nitrogens with two attached hydrogens (primary N) is 2. The number of halogens is 2. The van der Waals surface area contributed by atoms with E-state index in [4.69, 9.17) is 11.5 Å². The molecule has 0 radical (unpaired) electrons. The number of urea groups is 1. The lowest BCUT2D eigenvalue weighted by Gasteiger charge is -2.32. The molecule has 2 aliphatic rings. The highest BCUT2D eigenvalue weighted by Gasteiger charge is 2.24. The van der Waals surface area contributed by atoms with Gasteiger partial charge in [0.15, 0.2) is 11.6 Å². The average molecular weight is 700 g/mol. The number of nitrogens with zero attached hydrogens (tertiary/aromatic N) is 3. The molecular formula is C37H43F2N9O3. The number of benzene rings is 2. The number of ketones is 2. The second-order valence-corrected chi connectivity index (χ2v) is 12.3. The fourth-order valence-corrected chi connectivity index (χ4v) is 5.95. The van der Waals surface area contributed by atoms with Crippen molar-refractivity contribution in [2.24, 2.45) is 0 Å². The Morgan fingerprint density at radius 1 is 0.706 bits per heavy atom. The predicted molar refractivity (Wildman–Crippen MR) is 194 cm³/mol. The standard InChI is InChI=1S/C20H24FN5O2.C17H19FN4O/c1-2-23-20(28)26-11-9-13(10-12-26)24-17-8-7-15(19(22)25-17)18(27)14-5-3-4-6-16(14)21;18-14-4-2-1-3-12(14)16(23)13-5-6-15(22-17(13)19)21-11-7-9-20-10-8-11/h3-8,13H,2,9-12H2,1H3,(H,23,28)(H3,22,24,25);1-6,11,20H,7-10H2,(H3,19,21,22). The first-order chi connectivity index (χ1) is 24.6. The van der Waals surface area contributed by atoms with Gasteiger partial charge in [-0.25, -0.2) is 23.5 Å². The van der Waals surface area contributed by atoms with Crippen molar-refractivity contribution < 1.29 is 23.2 Å². The zero-order valence-electron chi connectivity index (χ0n) is 28.4. The maximum atomic E-state index is 13.9. The van der Waals surface area contributed by atoms with Crippen LogP contribution in [0.1, 0.15) is 64.4 Å². The summed E-state index contributed by atoms with van der Waals surface area (Å²) in [6.45, 7) is 5.75. The van der Waals surface area contributed by atoms with Crippen LogP contribution in [0.25, 0.3) is 0 Å². The molecule has 268 valence electrons. The van der Waals surface area contributed by atoms with Crippen molar-refractivity contribution in [3.63, 3.8) is 0 Å². The highest BCUT2D eigenvalue weighted by molar-refractivity contribution is 6.12. The Labute approximate surface area is 295 Å². The smallest absolute Gasteiger partial charge is 0.317 e. The quantitative estimate of drug-likeness (QED) is 0.132. The van der Waals surface area contributed by atoms with Crippen molar-refractivity contribution in [3.8, 4) is 0 Å². The Morgan fingerprint density at radius 3 is 1.59 bits per heavy atom. The summed E-state index contributed by atoms with van der Waals surface area (Å²) in [7, 11) is 0. The first-order valence-corrected chi connectivity index (χ1v) is 17.0. The SMILES string of the molecule is CCNC(=O)N1CCC(Nc2ccc(C(=O)c3ccccc3F)c(N)n2)CC1.Nc1nc(NC2CCNCC2)ccc1C(=O)c1ccccc1F. The van der Waals surface area contributed by atoms with E-state index in [1.54, 1.807) is 47.4 Å². The second-order valence-electron chi connectivity index (χ2n) is 12.3. The lowest BCUT2D eigenvalue weighted by molar-refractivity contribution is 0.102. The molecule has 0 atom stereocenters. The molecule has 2 fully saturated rings. The minimum atomic E-state index is -0.590. The maximum Gasteiger partial charge on any atom is 0.317 e. The number of carbonyl (C=O) groups is 3. The van der Waals surface area contributed by atoms with Gasteiger partial charge in [-0.1, -0.05) is 24.3 Å². The number of pyridine rings is 2. The Balaban J connectivity index is 0.000000201. The monoisotopic (exact) mass is 699 g/mol. The summed E-state index contributed by atoms with van der Waals surface area (Å²) >= 11 is 0. The molecule has 4 aromatic rings. The van der Waals surface area contributed by atoms with E-state index < -0.39 is 23.2 Å². The molecule has 51 heavy (non-hydrogen) atoms.